The smallest absolute Gasteiger partial charge is 0.272 e. The first-order valence-electron chi connectivity index (χ1n) is 39.2. The van der Waals surface area contributed by atoms with Crippen LogP contribution in [-0.4, -0.2) is 120 Å². The van der Waals surface area contributed by atoms with Crippen LogP contribution in [0, 0.1) is 11.3 Å². The second kappa shape index (κ2) is 39.2. The molecule has 0 saturated carbocycles. The van der Waals surface area contributed by atoms with Crippen LogP contribution in [0.4, 0.5) is 0 Å². The van der Waals surface area contributed by atoms with Crippen LogP contribution in [0.25, 0.3) is 66.1 Å². The van der Waals surface area contributed by atoms with Crippen LogP contribution in [0.15, 0.2) is 219 Å². The summed E-state index contributed by atoms with van der Waals surface area (Å²) in [4.78, 5) is 110. The van der Waals surface area contributed by atoms with Crippen molar-refractivity contribution in [1.29, 1.82) is 0 Å². The number of unbranched alkanes of at least 4 members (excludes halogenated alkanes) is 3. The zero-order valence-corrected chi connectivity index (χ0v) is 66.7. The van der Waals surface area contributed by atoms with E-state index >= 15 is 0 Å². The molecule has 0 unspecified atom stereocenters. The number of carbonyl (C=O) groups is 6. The molecule has 0 spiro atoms. The summed E-state index contributed by atoms with van der Waals surface area (Å²) in [5.74, 6) is 0.424. The first-order valence-corrected chi connectivity index (χ1v) is 39.2. The zero-order chi connectivity index (χ0) is 79.1. The predicted molar refractivity (Wildman–Crippen MR) is 450 cm³/mol. The summed E-state index contributed by atoms with van der Waals surface area (Å²) in [5, 5.41) is 2.90. The first kappa shape index (κ1) is 81.9. The topological polar surface area (TPSA) is 189 Å². The Balaban J connectivity index is 0.000000177. The van der Waals surface area contributed by atoms with Crippen molar-refractivity contribution in [3.63, 3.8) is 0 Å². The highest BCUT2D eigenvalue weighted by Gasteiger charge is 2.25. The molecular weight excluding hydrogens is 1380 g/mol. The molecule has 6 heterocycles. The van der Waals surface area contributed by atoms with E-state index in [4.69, 9.17) is 0 Å². The Morgan fingerprint density at radius 3 is 0.937 bits per heavy atom. The average molecular weight is 1480 g/mol. The fourth-order valence-corrected chi connectivity index (χ4v) is 13.5. The van der Waals surface area contributed by atoms with Gasteiger partial charge in [-0.2, -0.15) is 0 Å². The number of pyridine rings is 6. The van der Waals surface area contributed by atoms with Crippen molar-refractivity contribution in [2.24, 2.45) is 11.3 Å². The Morgan fingerprint density at radius 2 is 0.658 bits per heavy atom. The number of amides is 3. The molecule has 6 aromatic heterocycles. The molecule has 0 atom stereocenters. The van der Waals surface area contributed by atoms with E-state index in [9.17, 15) is 28.8 Å². The van der Waals surface area contributed by atoms with Crippen molar-refractivity contribution in [2.45, 2.75) is 146 Å². The highest BCUT2D eigenvalue weighted by Crippen LogP contribution is 2.35. The van der Waals surface area contributed by atoms with Gasteiger partial charge in [-0.05, 0) is 161 Å². The van der Waals surface area contributed by atoms with E-state index in [2.05, 4.69) is 140 Å². The Kier molecular flexibility index (Phi) is 28.9. The number of hydrogen-bond acceptors (Lipinski definition) is 12. The van der Waals surface area contributed by atoms with Crippen LogP contribution < -0.4 is 0 Å². The van der Waals surface area contributed by atoms with Crippen molar-refractivity contribution in [3.8, 4) is 33.4 Å². The van der Waals surface area contributed by atoms with Gasteiger partial charge in [0.1, 0.15) is 17.1 Å². The molecule has 0 aliphatic heterocycles. The van der Waals surface area contributed by atoms with Gasteiger partial charge in [0.05, 0.1) is 16.6 Å². The number of hydrogen-bond donors (Lipinski definition) is 0. The molecular formula is C96H105N9O6. The molecule has 111 heavy (non-hydrogen) atoms. The van der Waals surface area contributed by atoms with Gasteiger partial charge in [0.2, 0.25) is 0 Å². The van der Waals surface area contributed by atoms with Crippen LogP contribution in [0.1, 0.15) is 222 Å². The van der Waals surface area contributed by atoms with E-state index in [1.165, 1.54) is 0 Å². The number of aromatic nitrogens is 6. The third kappa shape index (κ3) is 21.9. The van der Waals surface area contributed by atoms with Crippen LogP contribution >= 0.6 is 0 Å². The van der Waals surface area contributed by atoms with Crippen LogP contribution in [0.3, 0.4) is 0 Å². The minimum atomic E-state index is -0.118. The lowest BCUT2D eigenvalue weighted by Gasteiger charge is -2.19. The molecule has 12 rings (SSSR count). The van der Waals surface area contributed by atoms with E-state index in [-0.39, 0.29) is 46.4 Å². The number of carbonyl (C=O) groups excluding carboxylic acids is 6. The molecule has 0 saturated heterocycles. The largest absolute Gasteiger partial charge is 0.340 e. The lowest BCUT2D eigenvalue weighted by Crippen LogP contribution is -2.28. The van der Waals surface area contributed by atoms with Crippen molar-refractivity contribution >= 4 is 67.8 Å². The summed E-state index contributed by atoms with van der Waals surface area (Å²) in [6.07, 6.45) is 20.7. The summed E-state index contributed by atoms with van der Waals surface area (Å²) in [6, 6.07) is 60.1. The molecule has 3 amide bonds. The van der Waals surface area contributed by atoms with Crippen molar-refractivity contribution in [2.75, 3.05) is 40.8 Å². The van der Waals surface area contributed by atoms with Crippen LogP contribution in [-0.2, 0) is 19.3 Å². The molecule has 15 nitrogen and oxygen atoms in total. The summed E-state index contributed by atoms with van der Waals surface area (Å²) >= 11 is 0. The van der Waals surface area contributed by atoms with Gasteiger partial charge in [-0.25, -0.2) is 0 Å². The van der Waals surface area contributed by atoms with Gasteiger partial charge >= 0.3 is 0 Å². The molecule has 0 bridgehead atoms. The average Bonchev–Trinajstić information content (AvgIpc) is 0.786. The van der Waals surface area contributed by atoms with E-state index in [0.717, 1.165) is 164 Å². The van der Waals surface area contributed by atoms with Gasteiger partial charge in [0.15, 0.2) is 17.3 Å². The maximum absolute atomic E-state index is 13.4. The van der Waals surface area contributed by atoms with Crippen molar-refractivity contribution in [1.82, 2.24) is 44.6 Å². The summed E-state index contributed by atoms with van der Waals surface area (Å²) in [6.45, 7) is 20.9. The van der Waals surface area contributed by atoms with Gasteiger partial charge in [-0.1, -0.05) is 209 Å². The van der Waals surface area contributed by atoms with E-state index in [1.807, 2.05) is 137 Å². The molecule has 0 radical (unpaired) electrons. The lowest BCUT2D eigenvalue weighted by atomic mass is 9.85. The lowest BCUT2D eigenvalue weighted by molar-refractivity contribution is 0.0780. The minimum Gasteiger partial charge on any atom is -0.340 e. The van der Waals surface area contributed by atoms with Gasteiger partial charge in [-0.15, -0.1) is 0 Å². The first-order chi connectivity index (χ1) is 53.5. The molecule has 6 aromatic carbocycles. The monoisotopic (exact) mass is 1480 g/mol. The van der Waals surface area contributed by atoms with Crippen LogP contribution in [0.5, 0.6) is 0 Å². The van der Waals surface area contributed by atoms with Crippen molar-refractivity contribution in [3.05, 3.63) is 286 Å². The number of nitrogens with zero attached hydrogens (tertiary/aromatic N) is 9. The number of benzene rings is 6. The Bertz CT molecular complexity index is 5180. The summed E-state index contributed by atoms with van der Waals surface area (Å²) in [5.41, 5.74) is 17.9. The Hall–Kier alpha value is -11.6. The second-order valence-electron chi connectivity index (χ2n) is 30.5. The normalized spacial score (nSPS) is 11.2. The van der Waals surface area contributed by atoms with Gasteiger partial charge in [-0.3, -0.25) is 58.7 Å². The van der Waals surface area contributed by atoms with E-state index < -0.39 is 0 Å². The quantitative estimate of drug-likeness (QED) is 0.0404. The Morgan fingerprint density at radius 1 is 0.351 bits per heavy atom. The molecule has 0 fully saturated rings. The van der Waals surface area contributed by atoms with E-state index in [1.54, 1.807) is 70.1 Å². The number of Topliss-reactive ketones (excluding diaryl/α,β-unsaturated/α-hetero) is 3. The molecule has 0 N–H and O–H groups in total. The summed E-state index contributed by atoms with van der Waals surface area (Å²) in [7, 11) is 5.45. The van der Waals surface area contributed by atoms with E-state index in [0.29, 0.717) is 72.3 Å². The predicted octanol–water partition coefficient (Wildman–Crippen LogP) is 21.1. The number of fused-ring (bicyclic) bond motifs is 3. The highest BCUT2D eigenvalue weighted by atomic mass is 16.2. The zero-order valence-electron chi connectivity index (χ0n) is 66.7. The minimum absolute atomic E-state index is 0.0677. The molecule has 0 aliphatic rings. The van der Waals surface area contributed by atoms with Gasteiger partial charge < -0.3 is 14.7 Å². The van der Waals surface area contributed by atoms with Crippen molar-refractivity contribution < 1.29 is 28.8 Å². The SMILES string of the molecule is CCCCN(C)C(=O)c1ccc(-c2ccc3ncc(C(=O)CC(C)(C)C)c(Cc4ccccc4)c3c2)cn1.CCCCN(C)C(=O)c1ccc(-c2ccc3ncc(C(=O)CC(C)C)c(Cc4ccccc4)c3c2)cn1.CCCCN(C)C(=O)c1ccc(-c2ccc3ncc(C(=O)CCC)c(Cc4ccccc4)c3c2)cn1. The molecule has 0 aliphatic carbocycles. The summed E-state index contributed by atoms with van der Waals surface area (Å²) < 4.78 is 0. The Labute approximate surface area is 655 Å². The number of rotatable bonds is 29. The highest BCUT2D eigenvalue weighted by molar-refractivity contribution is 6.05. The van der Waals surface area contributed by atoms with Gasteiger partial charge in [0, 0.05) is 147 Å². The maximum Gasteiger partial charge on any atom is 0.272 e. The fraction of sp³-hybridized carbons (Fsp3) is 0.312. The molecule has 12 aromatic rings. The number of ketones is 3. The fourth-order valence-electron chi connectivity index (χ4n) is 13.5. The third-order valence-electron chi connectivity index (χ3n) is 19.8. The maximum atomic E-state index is 13.4. The molecule has 15 heteroatoms. The standard InChI is InChI=1S/C33H37N3O2.C32H35N3O2.C31H33N3O2/c1-6-7-17-36(5)32(38)30-16-14-25(21-34-30)24-13-15-29-27(19-24)26(18-23-11-9-8-10-12-23)28(22-35-29)31(37)20-33(2,3)4;1-5-6-16-35(4)32(37)30-15-13-25(20-33-30)24-12-14-29-27(19-24)26(18-23-10-8-7-9-11-23)28(21-34-29)31(36)17-22(2)3;1-4-6-17-34(3)31(36)29-16-14-24(20-32-29)23-13-15-28-26(19-23)25(18-22-11-8-7-9-12-22)27(21-33-28)30(35)10-5-2/h8-16,19,21-22H,6-7,17-18,20H2,1-5H3;7-15,19-22H,5-6,16-18H2,1-4H3;7-9,11-16,19-21H,4-6,10,17-18H2,1-3H3. The third-order valence-corrected chi connectivity index (χ3v) is 19.8. The molecule has 570 valence electrons. The second-order valence-corrected chi connectivity index (χ2v) is 30.5. The van der Waals surface area contributed by atoms with Crippen LogP contribution in [0.2, 0.25) is 0 Å². The van der Waals surface area contributed by atoms with Gasteiger partial charge in [0.25, 0.3) is 17.7 Å².